The maximum atomic E-state index is 10.9. The second-order valence-electron chi connectivity index (χ2n) is 4.98. The average Bonchev–Trinajstić information content (AvgIpc) is 2.77. The quantitative estimate of drug-likeness (QED) is 0.874. The molecule has 1 heterocycles. The van der Waals surface area contributed by atoms with Gasteiger partial charge in [-0.2, -0.15) is 0 Å². The Labute approximate surface area is 108 Å². The summed E-state index contributed by atoms with van der Waals surface area (Å²) in [6, 6.07) is 2.40. The van der Waals surface area contributed by atoms with Crippen molar-refractivity contribution in [2.45, 2.75) is 51.6 Å². The van der Waals surface area contributed by atoms with Gasteiger partial charge in [0.2, 0.25) is 0 Å². The van der Waals surface area contributed by atoms with Crippen molar-refractivity contribution in [1.29, 1.82) is 0 Å². The number of carboxylic acid groups (broad SMARTS) is 1. The lowest BCUT2D eigenvalue weighted by Gasteiger charge is -2.37. The van der Waals surface area contributed by atoms with Gasteiger partial charge in [-0.3, -0.25) is 9.69 Å². The third-order valence-electron chi connectivity index (χ3n) is 3.82. The monoisotopic (exact) mass is 251 g/mol. The van der Waals surface area contributed by atoms with E-state index in [0.717, 1.165) is 31.6 Å². The van der Waals surface area contributed by atoms with Crippen molar-refractivity contribution in [2.24, 2.45) is 0 Å². The Morgan fingerprint density at radius 2 is 2.44 bits per heavy atom. The summed E-state index contributed by atoms with van der Waals surface area (Å²) in [4.78, 5) is 13.1. The van der Waals surface area contributed by atoms with Crippen LogP contribution in [0.3, 0.4) is 0 Å². The number of fused-ring (bicyclic) bond motifs is 1. The molecular weight excluding hydrogens is 230 g/mol. The Kier molecular flexibility index (Phi) is 4.07. The van der Waals surface area contributed by atoms with E-state index in [1.165, 1.54) is 5.56 Å². The Morgan fingerprint density at radius 1 is 1.67 bits per heavy atom. The molecule has 0 fully saturated rings. The van der Waals surface area contributed by atoms with Crippen LogP contribution >= 0.6 is 0 Å². The van der Waals surface area contributed by atoms with Crippen LogP contribution in [-0.4, -0.2) is 28.6 Å². The van der Waals surface area contributed by atoms with E-state index in [1.807, 2.05) is 13.0 Å². The number of nitrogens with zero attached hydrogens (tertiary/aromatic N) is 1. The van der Waals surface area contributed by atoms with Crippen molar-refractivity contribution in [2.75, 3.05) is 6.54 Å². The molecule has 4 nitrogen and oxygen atoms in total. The van der Waals surface area contributed by atoms with Crippen molar-refractivity contribution in [3.05, 3.63) is 23.7 Å². The molecule has 1 aliphatic rings. The van der Waals surface area contributed by atoms with Gasteiger partial charge in [-0.15, -0.1) is 0 Å². The summed E-state index contributed by atoms with van der Waals surface area (Å²) < 4.78 is 5.50. The molecule has 1 aromatic rings. The average molecular weight is 251 g/mol. The highest BCUT2D eigenvalue weighted by atomic mass is 16.4. The van der Waals surface area contributed by atoms with Crippen molar-refractivity contribution >= 4 is 5.97 Å². The molecule has 18 heavy (non-hydrogen) atoms. The molecule has 0 bridgehead atoms. The van der Waals surface area contributed by atoms with E-state index in [-0.39, 0.29) is 12.5 Å². The second-order valence-corrected chi connectivity index (χ2v) is 4.98. The zero-order valence-electron chi connectivity index (χ0n) is 11.1. The molecule has 0 amide bonds. The van der Waals surface area contributed by atoms with E-state index in [9.17, 15) is 4.79 Å². The Hall–Kier alpha value is -1.29. The first-order chi connectivity index (χ1) is 8.63. The van der Waals surface area contributed by atoms with Crippen molar-refractivity contribution < 1.29 is 14.3 Å². The summed E-state index contributed by atoms with van der Waals surface area (Å²) in [6.45, 7) is 4.95. The SMILES string of the molecule is CCN(C(C)CC(=O)O)C1CCCc2occc21. The van der Waals surface area contributed by atoms with Crippen LogP contribution in [-0.2, 0) is 11.2 Å². The molecule has 1 aliphatic carbocycles. The Bertz CT molecular complexity index is 413. The molecule has 100 valence electrons. The standard InChI is InChI=1S/C14H21NO3/c1-3-15(10(2)9-14(16)17)12-5-4-6-13-11(12)7-8-18-13/h7-8,10,12H,3-6,9H2,1-2H3,(H,16,17). The van der Waals surface area contributed by atoms with Crippen LogP contribution in [0.15, 0.2) is 16.7 Å². The van der Waals surface area contributed by atoms with Crippen LogP contribution in [0, 0.1) is 0 Å². The number of furan rings is 1. The summed E-state index contributed by atoms with van der Waals surface area (Å²) in [6.07, 6.45) is 5.14. The molecule has 1 N–H and O–H groups in total. The van der Waals surface area contributed by atoms with E-state index in [4.69, 9.17) is 9.52 Å². The molecule has 0 saturated carbocycles. The van der Waals surface area contributed by atoms with Crippen molar-refractivity contribution in [3.63, 3.8) is 0 Å². The summed E-state index contributed by atoms with van der Waals surface area (Å²) in [7, 11) is 0. The number of rotatable bonds is 5. The van der Waals surface area contributed by atoms with Crippen molar-refractivity contribution in [3.8, 4) is 0 Å². The minimum atomic E-state index is -0.732. The maximum absolute atomic E-state index is 10.9. The third kappa shape index (κ3) is 2.58. The van der Waals surface area contributed by atoms with Gasteiger partial charge in [0, 0.05) is 24.1 Å². The minimum absolute atomic E-state index is 0.0540. The van der Waals surface area contributed by atoms with E-state index in [0.29, 0.717) is 6.04 Å². The number of carboxylic acids is 1. The molecule has 0 spiro atoms. The molecule has 2 unspecified atom stereocenters. The Balaban J connectivity index is 2.17. The van der Waals surface area contributed by atoms with Crippen LogP contribution in [0.1, 0.15) is 50.5 Å². The third-order valence-corrected chi connectivity index (χ3v) is 3.82. The summed E-state index contributed by atoms with van der Waals surface area (Å²) in [5.41, 5.74) is 1.25. The zero-order valence-corrected chi connectivity index (χ0v) is 11.1. The number of aliphatic carboxylic acids is 1. The Morgan fingerprint density at radius 3 is 3.11 bits per heavy atom. The lowest BCUT2D eigenvalue weighted by molar-refractivity contribution is -0.138. The predicted octanol–water partition coefficient (Wildman–Crippen LogP) is 2.84. The topological polar surface area (TPSA) is 53.7 Å². The van der Waals surface area contributed by atoms with E-state index in [1.54, 1.807) is 6.26 Å². The molecule has 0 radical (unpaired) electrons. The van der Waals surface area contributed by atoms with Gasteiger partial charge >= 0.3 is 5.97 Å². The molecule has 2 atom stereocenters. The first-order valence-corrected chi connectivity index (χ1v) is 6.67. The molecular formula is C14H21NO3. The fourth-order valence-corrected chi connectivity index (χ4v) is 3.02. The fourth-order valence-electron chi connectivity index (χ4n) is 3.02. The number of carbonyl (C=O) groups is 1. The van der Waals surface area contributed by atoms with E-state index in [2.05, 4.69) is 11.8 Å². The summed E-state index contributed by atoms with van der Waals surface area (Å²) >= 11 is 0. The van der Waals surface area contributed by atoms with Gasteiger partial charge in [0.15, 0.2) is 0 Å². The summed E-state index contributed by atoms with van der Waals surface area (Å²) in [5.74, 6) is 0.344. The van der Waals surface area contributed by atoms with Gasteiger partial charge in [-0.25, -0.2) is 0 Å². The van der Waals surface area contributed by atoms with Crippen LogP contribution < -0.4 is 0 Å². The minimum Gasteiger partial charge on any atom is -0.481 e. The van der Waals surface area contributed by atoms with Crippen molar-refractivity contribution in [1.82, 2.24) is 4.90 Å². The molecule has 4 heteroatoms. The van der Waals surface area contributed by atoms with Crippen LogP contribution in [0.4, 0.5) is 0 Å². The lowest BCUT2D eigenvalue weighted by Crippen LogP contribution is -2.39. The second kappa shape index (κ2) is 5.57. The van der Waals surface area contributed by atoms with Gasteiger partial charge < -0.3 is 9.52 Å². The number of aryl methyl sites for hydroxylation is 1. The van der Waals surface area contributed by atoms with Gasteiger partial charge in [0.05, 0.1) is 12.7 Å². The van der Waals surface area contributed by atoms with Gasteiger partial charge in [-0.05, 0) is 32.4 Å². The van der Waals surface area contributed by atoms with Gasteiger partial charge in [0.25, 0.3) is 0 Å². The lowest BCUT2D eigenvalue weighted by atomic mass is 9.91. The van der Waals surface area contributed by atoms with Crippen LogP contribution in [0.2, 0.25) is 0 Å². The molecule has 0 aromatic carbocycles. The molecule has 2 rings (SSSR count). The smallest absolute Gasteiger partial charge is 0.304 e. The number of hydrogen-bond donors (Lipinski definition) is 1. The summed E-state index contributed by atoms with van der Waals surface area (Å²) in [5, 5.41) is 8.94. The molecule has 0 saturated heterocycles. The highest BCUT2D eigenvalue weighted by molar-refractivity contribution is 5.67. The van der Waals surface area contributed by atoms with Crippen LogP contribution in [0.25, 0.3) is 0 Å². The van der Waals surface area contributed by atoms with E-state index < -0.39 is 5.97 Å². The first-order valence-electron chi connectivity index (χ1n) is 6.67. The van der Waals surface area contributed by atoms with Gasteiger partial charge in [-0.1, -0.05) is 6.92 Å². The highest BCUT2D eigenvalue weighted by Gasteiger charge is 2.30. The van der Waals surface area contributed by atoms with E-state index >= 15 is 0 Å². The largest absolute Gasteiger partial charge is 0.481 e. The maximum Gasteiger partial charge on any atom is 0.304 e. The highest BCUT2D eigenvalue weighted by Crippen LogP contribution is 2.36. The van der Waals surface area contributed by atoms with Crippen LogP contribution in [0.5, 0.6) is 0 Å². The normalized spacial score (nSPS) is 20.7. The predicted molar refractivity (Wildman–Crippen MR) is 68.5 cm³/mol. The van der Waals surface area contributed by atoms with Gasteiger partial charge in [0.1, 0.15) is 5.76 Å². The molecule has 1 aromatic heterocycles. The molecule has 0 aliphatic heterocycles. The zero-order chi connectivity index (χ0) is 13.1. The fraction of sp³-hybridized carbons (Fsp3) is 0.643. The number of hydrogen-bond acceptors (Lipinski definition) is 3. The first kappa shape index (κ1) is 13.1.